The van der Waals surface area contributed by atoms with E-state index < -0.39 is 16.1 Å². The number of aryl methyl sites for hydroxylation is 1. The SMILES string of the molecule is CC[C@H](Oc1ccc(N(C)S(C)(=O)=O)cc1)C(=O)N[C@H](CC)c1ccc(OC)c(C)c1. The first-order valence-electron chi connectivity index (χ1n) is 10.3. The summed E-state index contributed by atoms with van der Waals surface area (Å²) in [5.41, 5.74) is 2.54. The summed E-state index contributed by atoms with van der Waals surface area (Å²) in [5.74, 6) is 1.12. The fraction of sp³-hybridized carbons (Fsp3) is 0.435. The van der Waals surface area contributed by atoms with E-state index in [1.54, 1.807) is 31.4 Å². The van der Waals surface area contributed by atoms with Crippen LogP contribution in [0, 0.1) is 6.92 Å². The van der Waals surface area contributed by atoms with Crippen LogP contribution in [0.1, 0.15) is 43.9 Å². The summed E-state index contributed by atoms with van der Waals surface area (Å²) < 4.78 is 35.7. The van der Waals surface area contributed by atoms with Crippen molar-refractivity contribution in [1.29, 1.82) is 0 Å². The fourth-order valence-electron chi connectivity index (χ4n) is 3.22. The van der Waals surface area contributed by atoms with Gasteiger partial charge in [0.2, 0.25) is 10.0 Å². The molecule has 2 aromatic rings. The Kier molecular flexibility index (Phi) is 8.33. The highest BCUT2D eigenvalue weighted by molar-refractivity contribution is 7.92. The minimum absolute atomic E-state index is 0.138. The highest BCUT2D eigenvalue weighted by atomic mass is 32.2. The van der Waals surface area contributed by atoms with Gasteiger partial charge in [-0.05, 0) is 61.2 Å². The summed E-state index contributed by atoms with van der Waals surface area (Å²) in [4.78, 5) is 12.9. The van der Waals surface area contributed by atoms with Gasteiger partial charge in [-0.25, -0.2) is 8.42 Å². The average Bonchev–Trinajstić information content (AvgIpc) is 2.74. The van der Waals surface area contributed by atoms with Gasteiger partial charge in [0.05, 0.1) is 25.1 Å². The number of sulfonamides is 1. The lowest BCUT2D eigenvalue weighted by Gasteiger charge is -2.23. The quantitative estimate of drug-likeness (QED) is 0.597. The number of hydrogen-bond acceptors (Lipinski definition) is 5. The van der Waals surface area contributed by atoms with Gasteiger partial charge in [0.1, 0.15) is 11.5 Å². The van der Waals surface area contributed by atoms with Crippen molar-refractivity contribution in [2.24, 2.45) is 0 Å². The highest BCUT2D eigenvalue weighted by Gasteiger charge is 2.22. The number of carbonyl (C=O) groups is 1. The molecule has 0 fully saturated rings. The van der Waals surface area contributed by atoms with Gasteiger partial charge >= 0.3 is 0 Å². The molecule has 0 aliphatic heterocycles. The van der Waals surface area contributed by atoms with Crippen LogP contribution in [0.2, 0.25) is 0 Å². The fourth-order valence-corrected chi connectivity index (χ4v) is 3.72. The molecule has 2 aromatic carbocycles. The van der Waals surface area contributed by atoms with Gasteiger partial charge in [-0.1, -0.05) is 26.0 Å². The molecule has 7 nitrogen and oxygen atoms in total. The molecular formula is C23H32N2O5S. The third kappa shape index (κ3) is 6.37. The number of carbonyl (C=O) groups excluding carboxylic acids is 1. The number of methoxy groups -OCH3 is 1. The summed E-state index contributed by atoms with van der Waals surface area (Å²) in [6.07, 6.45) is 1.71. The first-order chi connectivity index (χ1) is 14.6. The molecule has 0 unspecified atom stereocenters. The number of nitrogens with one attached hydrogen (secondary N) is 1. The van der Waals surface area contributed by atoms with E-state index in [-0.39, 0.29) is 11.9 Å². The molecule has 0 saturated heterocycles. The number of rotatable bonds is 10. The van der Waals surface area contributed by atoms with Gasteiger partial charge in [0.25, 0.3) is 5.91 Å². The second kappa shape index (κ2) is 10.5. The van der Waals surface area contributed by atoms with Gasteiger partial charge < -0.3 is 14.8 Å². The number of nitrogens with zero attached hydrogens (tertiary/aromatic N) is 1. The molecule has 170 valence electrons. The Morgan fingerprint density at radius 2 is 1.74 bits per heavy atom. The predicted octanol–water partition coefficient (Wildman–Crippen LogP) is 3.82. The summed E-state index contributed by atoms with van der Waals surface area (Å²) >= 11 is 0. The molecule has 0 heterocycles. The van der Waals surface area contributed by atoms with Crippen molar-refractivity contribution in [3.8, 4) is 11.5 Å². The monoisotopic (exact) mass is 448 g/mol. The number of benzene rings is 2. The van der Waals surface area contributed by atoms with Crippen LogP contribution in [0.15, 0.2) is 42.5 Å². The van der Waals surface area contributed by atoms with Crippen LogP contribution in [0.5, 0.6) is 11.5 Å². The predicted molar refractivity (Wildman–Crippen MR) is 123 cm³/mol. The van der Waals surface area contributed by atoms with Crippen molar-refractivity contribution < 1.29 is 22.7 Å². The maximum absolute atomic E-state index is 12.9. The van der Waals surface area contributed by atoms with Crippen molar-refractivity contribution in [3.05, 3.63) is 53.6 Å². The van der Waals surface area contributed by atoms with E-state index in [0.717, 1.165) is 29.6 Å². The van der Waals surface area contributed by atoms with Crippen molar-refractivity contribution in [3.63, 3.8) is 0 Å². The van der Waals surface area contributed by atoms with Crippen molar-refractivity contribution >= 4 is 21.6 Å². The Morgan fingerprint density at radius 3 is 2.23 bits per heavy atom. The van der Waals surface area contributed by atoms with Crippen LogP contribution in [0.3, 0.4) is 0 Å². The molecular weight excluding hydrogens is 416 g/mol. The van der Waals surface area contributed by atoms with Crippen LogP contribution in [-0.4, -0.2) is 40.8 Å². The number of ether oxygens (including phenoxy) is 2. The van der Waals surface area contributed by atoms with Gasteiger partial charge in [-0.15, -0.1) is 0 Å². The first-order valence-corrected chi connectivity index (χ1v) is 12.1. The van der Waals surface area contributed by atoms with E-state index in [1.165, 1.54) is 11.4 Å². The molecule has 2 atom stereocenters. The molecule has 0 aliphatic rings. The molecule has 31 heavy (non-hydrogen) atoms. The van der Waals surface area contributed by atoms with Crippen LogP contribution in [-0.2, 0) is 14.8 Å². The summed E-state index contributed by atoms with van der Waals surface area (Å²) in [5, 5.41) is 3.08. The molecule has 0 saturated carbocycles. The smallest absolute Gasteiger partial charge is 0.261 e. The summed E-state index contributed by atoms with van der Waals surface area (Å²) in [6.45, 7) is 5.87. The number of anilines is 1. The van der Waals surface area contributed by atoms with E-state index in [4.69, 9.17) is 9.47 Å². The zero-order chi connectivity index (χ0) is 23.2. The zero-order valence-electron chi connectivity index (χ0n) is 19.0. The second-order valence-electron chi connectivity index (χ2n) is 7.44. The van der Waals surface area contributed by atoms with Gasteiger partial charge in [-0.2, -0.15) is 0 Å². The van der Waals surface area contributed by atoms with E-state index in [0.29, 0.717) is 17.9 Å². The van der Waals surface area contributed by atoms with Gasteiger partial charge in [-0.3, -0.25) is 9.10 Å². The van der Waals surface area contributed by atoms with Crippen molar-refractivity contribution in [2.75, 3.05) is 24.7 Å². The highest BCUT2D eigenvalue weighted by Crippen LogP contribution is 2.25. The zero-order valence-corrected chi connectivity index (χ0v) is 19.8. The molecule has 0 spiro atoms. The van der Waals surface area contributed by atoms with Crippen molar-refractivity contribution in [2.45, 2.75) is 45.8 Å². The average molecular weight is 449 g/mol. The van der Waals surface area contributed by atoms with E-state index in [2.05, 4.69) is 5.32 Å². The molecule has 0 bridgehead atoms. The van der Waals surface area contributed by atoms with E-state index in [1.807, 2.05) is 39.0 Å². The lowest BCUT2D eigenvalue weighted by molar-refractivity contribution is -0.128. The number of hydrogen-bond donors (Lipinski definition) is 1. The van der Waals surface area contributed by atoms with Gasteiger partial charge in [0.15, 0.2) is 6.10 Å². The normalized spacial score (nSPS) is 13.2. The Bertz CT molecular complexity index is 990. The summed E-state index contributed by atoms with van der Waals surface area (Å²) in [6, 6.07) is 12.4. The van der Waals surface area contributed by atoms with Crippen LogP contribution < -0.4 is 19.1 Å². The van der Waals surface area contributed by atoms with Crippen molar-refractivity contribution in [1.82, 2.24) is 5.32 Å². The third-order valence-corrected chi connectivity index (χ3v) is 6.39. The summed E-state index contributed by atoms with van der Waals surface area (Å²) in [7, 11) is -0.219. The maximum Gasteiger partial charge on any atom is 0.261 e. The lowest BCUT2D eigenvalue weighted by atomic mass is 10.0. The Morgan fingerprint density at radius 1 is 1.10 bits per heavy atom. The number of amides is 1. The molecule has 1 N–H and O–H groups in total. The second-order valence-corrected chi connectivity index (χ2v) is 9.45. The van der Waals surface area contributed by atoms with Crippen LogP contribution in [0.25, 0.3) is 0 Å². The maximum atomic E-state index is 12.9. The van der Waals surface area contributed by atoms with E-state index >= 15 is 0 Å². The Labute approximate surface area is 185 Å². The minimum atomic E-state index is -3.34. The first kappa shape index (κ1) is 24.5. The third-order valence-electron chi connectivity index (χ3n) is 5.19. The lowest BCUT2D eigenvalue weighted by Crippen LogP contribution is -2.40. The van der Waals surface area contributed by atoms with Gasteiger partial charge in [0, 0.05) is 7.05 Å². The minimum Gasteiger partial charge on any atom is -0.496 e. The Balaban J connectivity index is 2.09. The Hall–Kier alpha value is -2.74. The van der Waals surface area contributed by atoms with Crippen LogP contribution >= 0.6 is 0 Å². The molecule has 1 amide bonds. The van der Waals surface area contributed by atoms with E-state index in [9.17, 15) is 13.2 Å². The standard InChI is InChI=1S/C23H32N2O5S/c1-7-20(17-9-14-22(29-5)16(3)15-17)24-23(26)21(8-2)30-19-12-10-18(11-13-19)25(4)31(6,27)28/h9-15,20-21H,7-8H2,1-6H3,(H,24,26)/t20-,21+/m1/s1. The van der Waals surface area contributed by atoms with Crippen LogP contribution in [0.4, 0.5) is 5.69 Å². The largest absolute Gasteiger partial charge is 0.496 e. The molecule has 2 rings (SSSR count). The topological polar surface area (TPSA) is 84.9 Å². The molecule has 0 aromatic heterocycles. The molecule has 8 heteroatoms. The molecule has 0 aliphatic carbocycles. The molecule has 0 radical (unpaired) electrons.